The first-order chi connectivity index (χ1) is 17.4. The molecule has 0 fully saturated rings. The van der Waals surface area contributed by atoms with Crippen LogP contribution in [-0.2, 0) is 11.3 Å². The number of nitrogens with zero attached hydrogens (tertiary/aromatic N) is 4. The molecule has 1 amide bonds. The Balaban J connectivity index is 1.68. The number of fused-ring (bicyclic) bond motifs is 1. The van der Waals surface area contributed by atoms with Crippen molar-refractivity contribution in [2.75, 3.05) is 39.7 Å². The summed E-state index contributed by atoms with van der Waals surface area (Å²) in [7, 11) is 4.65. The number of aromatic nitrogens is 4. The predicted octanol–water partition coefficient (Wildman–Crippen LogP) is 4.00. The van der Waals surface area contributed by atoms with Gasteiger partial charge in [0.1, 0.15) is 5.82 Å². The van der Waals surface area contributed by atoms with Crippen LogP contribution in [0.15, 0.2) is 29.6 Å². The number of hydrogen-bond donors (Lipinski definition) is 2. The fourth-order valence-corrected chi connectivity index (χ4v) is 4.16. The number of nitrogens with one attached hydrogen (secondary N) is 2. The van der Waals surface area contributed by atoms with Gasteiger partial charge in [0.2, 0.25) is 11.7 Å². The van der Waals surface area contributed by atoms with Crippen LogP contribution in [0.5, 0.6) is 17.2 Å². The molecule has 0 aliphatic carbocycles. The van der Waals surface area contributed by atoms with E-state index in [1.165, 1.54) is 6.08 Å². The normalized spacial score (nSPS) is 11.3. The highest BCUT2D eigenvalue weighted by Gasteiger charge is 2.15. The van der Waals surface area contributed by atoms with Crippen LogP contribution in [-0.4, -0.2) is 65.3 Å². The van der Waals surface area contributed by atoms with Crippen molar-refractivity contribution in [1.82, 2.24) is 25.1 Å². The van der Waals surface area contributed by atoms with E-state index in [1.54, 1.807) is 62.2 Å². The summed E-state index contributed by atoms with van der Waals surface area (Å²) in [5.41, 5.74) is 1.49. The first kappa shape index (κ1) is 27.1. The number of anilines is 1. The molecule has 0 radical (unpaired) electrons. The summed E-state index contributed by atoms with van der Waals surface area (Å²) >= 11 is 1.61. The van der Waals surface area contributed by atoms with Crippen LogP contribution in [0.3, 0.4) is 0 Å². The summed E-state index contributed by atoms with van der Waals surface area (Å²) in [4.78, 5) is 21.8. The van der Waals surface area contributed by atoms with Gasteiger partial charge in [0.05, 0.1) is 39.5 Å². The van der Waals surface area contributed by atoms with E-state index in [9.17, 15) is 4.79 Å². The summed E-state index contributed by atoms with van der Waals surface area (Å²) in [6.07, 6.45) is 5.91. The Labute approximate surface area is 215 Å². The Kier molecular flexibility index (Phi) is 9.80. The first-order valence-electron chi connectivity index (χ1n) is 11.8. The minimum atomic E-state index is -0.226. The monoisotopic (exact) mass is 514 g/mol. The number of amides is 1. The molecule has 0 saturated heterocycles. The summed E-state index contributed by atoms with van der Waals surface area (Å²) in [5.74, 6) is 2.10. The zero-order valence-corrected chi connectivity index (χ0v) is 22.4. The molecule has 2 N–H and O–H groups in total. The Morgan fingerprint density at radius 3 is 2.44 bits per heavy atom. The lowest BCUT2D eigenvalue weighted by Crippen LogP contribution is -2.25. The molecule has 3 aromatic rings. The third kappa shape index (κ3) is 6.81. The van der Waals surface area contributed by atoms with E-state index >= 15 is 0 Å². The van der Waals surface area contributed by atoms with E-state index in [-0.39, 0.29) is 5.91 Å². The highest BCUT2D eigenvalue weighted by atomic mass is 32.2. The quantitative estimate of drug-likeness (QED) is 0.198. The Morgan fingerprint density at radius 2 is 1.83 bits per heavy atom. The van der Waals surface area contributed by atoms with Crippen molar-refractivity contribution in [2.45, 2.75) is 44.1 Å². The SMILES string of the molecule is CCCNc1nc(SC(C)C)nc2c1cnn2CCNC(=O)/C=C\c1cc(OC)c(OC)c(OC)c1. The standard InChI is InChI=1S/C25H34N6O4S/c1-7-10-27-23-18-15-28-31(24(18)30-25(29-23)36-16(2)3)12-11-26-21(32)9-8-17-13-19(33-4)22(35-6)20(14-17)34-5/h8-9,13-16H,7,10-12H2,1-6H3,(H,26,32)(H,27,29,30)/b9-8-. The second kappa shape index (κ2) is 13.0. The fourth-order valence-electron chi connectivity index (χ4n) is 3.45. The number of methoxy groups -OCH3 is 3. The minimum Gasteiger partial charge on any atom is -0.493 e. The van der Waals surface area contributed by atoms with Gasteiger partial charge in [-0.05, 0) is 30.2 Å². The van der Waals surface area contributed by atoms with Crippen molar-refractivity contribution in [1.29, 1.82) is 0 Å². The number of rotatable bonds is 13. The third-order valence-corrected chi connectivity index (χ3v) is 5.96. The minimum absolute atomic E-state index is 0.226. The number of carbonyl (C=O) groups is 1. The molecule has 11 heteroatoms. The summed E-state index contributed by atoms with van der Waals surface area (Å²) < 4.78 is 17.9. The molecule has 1 aromatic carbocycles. The molecule has 0 aliphatic heterocycles. The van der Waals surface area contributed by atoms with Gasteiger partial charge in [0.15, 0.2) is 22.3 Å². The molecule has 0 aliphatic rings. The third-order valence-electron chi connectivity index (χ3n) is 5.10. The number of benzene rings is 1. The topological polar surface area (TPSA) is 112 Å². The smallest absolute Gasteiger partial charge is 0.244 e. The maximum atomic E-state index is 12.4. The van der Waals surface area contributed by atoms with Crippen LogP contribution >= 0.6 is 11.8 Å². The molecule has 2 heterocycles. The van der Waals surface area contributed by atoms with Gasteiger partial charge in [-0.25, -0.2) is 14.6 Å². The number of thioether (sulfide) groups is 1. The largest absolute Gasteiger partial charge is 0.493 e. The average Bonchev–Trinajstić information content (AvgIpc) is 3.27. The Bertz CT molecular complexity index is 1190. The lowest BCUT2D eigenvalue weighted by atomic mass is 10.1. The molecule has 0 bridgehead atoms. The molecule has 0 saturated carbocycles. The van der Waals surface area contributed by atoms with E-state index in [0.29, 0.717) is 40.7 Å². The first-order valence-corrected chi connectivity index (χ1v) is 12.7. The fraction of sp³-hybridized carbons (Fsp3) is 0.440. The number of carbonyl (C=O) groups excluding carboxylic acids is 1. The lowest BCUT2D eigenvalue weighted by molar-refractivity contribution is -0.116. The van der Waals surface area contributed by atoms with Crippen LogP contribution in [0.2, 0.25) is 0 Å². The van der Waals surface area contributed by atoms with Crippen molar-refractivity contribution >= 4 is 40.6 Å². The van der Waals surface area contributed by atoms with Crippen molar-refractivity contribution < 1.29 is 19.0 Å². The van der Waals surface area contributed by atoms with E-state index in [4.69, 9.17) is 19.2 Å². The second-order valence-corrected chi connectivity index (χ2v) is 9.68. The molecular formula is C25H34N6O4S. The van der Waals surface area contributed by atoms with Crippen molar-refractivity contribution in [3.8, 4) is 17.2 Å². The van der Waals surface area contributed by atoms with Crippen molar-refractivity contribution in [2.24, 2.45) is 0 Å². The summed E-state index contributed by atoms with van der Waals surface area (Å²) in [6.45, 7) is 8.01. The van der Waals surface area contributed by atoms with E-state index in [1.807, 2.05) is 0 Å². The van der Waals surface area contributed by atoms with Gasteiger partial charge in [-0.15, -0.1) is 0 Å². The maximum absolute atomic E-state index is 12.4. The predicted molar refractivity (Wildman–Crippen MR) is 143 cm³/mol. The van der Waals surface area contributed by atoms with Crippen LogP contribution in [0, 0.1) is 0 Å². The van der Waals surface area contributed by atoms with Gasteiger partial charge in [0.25, 0.3) is 0 Å². The molecule has 36 heavy (non-hydrogen) atoms. The molecule has 0 spiro atoms. The van der Waals surface area contributed by atoms with E-state index < -0.39 is 0 Å². The van der Waals surface area contributed by atoms with Crippen molar-refractivity contribution in [3.63, 3.8) is 0 Å². The highest BCUT2D eigenvalue weighted by Crippen LogP contribution is 2.38. The van der Waals surface area contributed by atoms with Gasteiger partial charge in [-0.2, -0.15) is 5.10 Å². The van der Waals surface area contributed by atoms with Crippen LogP contribution in [0.25, 0.3) is 17.1 Å². The maximum Gasteiger partial charge on any atom is 0.244 e. The zero-order valence-electron chi connectivity index (χ0n) is 21.6. The second-order valence-electron chi connectivity index (χ2n) is 8.14. The van der Waals surface area contributed by atoms with Gasteiger partial charge in [0, 0.05) is 24.4 Å². The molecular weight excluding hydrogens is 480 g/mol. The molecule has 0 unspecified atom stereocenters. The van der Waals surface area contributed by atoms with Gasteiger partial charge < -0.3 is 24.8 Å². The van der Waals surface area contributed by atoms with E-state index in [2.05, 4.69) is 41.5 Å². The van der Waals surface area contributed by atoms with Crippen molar-refractivity contribution in [3.05, 3.63) is 30.0 Å². The van der Waals surface area contributed by atoms with Crippen LogP contribution < -0.4 is 24.8 Å². The molecule has 194 valence electrons. The highest BCUT2D eigenvalue weighted by molar-refractivity contribution is 7.99. The van der Waals surface area contributed by atoms with Gasteiger partial charge >= 0.3 is 0 Å². The summed E-state index contributed by atoms with van der Waals surface area (Å²) in [5, 5.41) is 12.7. The molecule has 2 aromatic heterocycles. The zero-order chi connectivity index (χ0) is 26.1. The van der Waals surface area contributed by atoms with Crippen LogP contribution in [0.4, 0.5) is 5.82 Å². The molecule has 3 rings (SSSR count). The number of ether oxygens (including phenoxy) is 3. The average molecular weight is 515 g/mol. The molecule has 10 nitrogen and oxygen atoms in total. The van der Waals surface area contributed by atoms with E-state index in [0.717, 1.165) is 35.4 Å². The summed E-state index contributed by atoms with van der Waals surface area (Å²) in [6, 6.07) is 3.55. The van der Waals surface area contributed by atoms with Crippen LogP contribution in [0.1, 0.15) is 32.8 Å². The Morgan fingerprint density at radius 1 is 1.11 bits per heavy atom. The Hall–Kier alpha value is -3.47. The number of hydrogen-bond acceptors (Lipinski definition) is 9. The lowest BCUT2D eigenvalue weighted by Gasteiger charge is -2.12. The molecule has 0 atom stereocenters. The van der Waals surface area contributed by atoms with Gasteiger partial charge in [-0.3, -0.25) is 4.79 Å². The van der Waals surface area contributed by atoms with Gasteiger partial charge in [-0.1, -0.05) is 32.5 Å².